The quantitative estimate of drug-likeness (QED) is 0.830. The molecule has 3 nitrogen and oxygen atoms in total. The van der Waals surface area contributed by atoms with Crippen LogP contribution < -0.4 is 5.32 Å². The van der Waals surface area contributed by atoms with Gasteiger partial charge in [0.15, 0.2) is 0 Å². The second kappa shape index (κ2) is 5.89. The highest BCUT2D eigenvalue weighted by Crippen LogP contribution is 2.30. The number of hydrogen-bond acceptors (Lipinski definition) is 3. The maximum absolute atomic E-state index is 12.2. The lowest BCUT2D eigenvalue weighted by Crippen LogP contribution is -2.19. The molecule has 0 amide bonds. The van der Waals surface area contributed by atoms with Gasteiger partial charge in [-0.2, -0.15) is 0 Å². The van der Waals surface area contributed by atoms with Crippen molar-refractivity contribution in [3.8, 4) is 0 Å². The van der Waals surface area contributed by atoms with Crippen molar-refractivity contribution < 1.29 is 9.53 Å². The van der Waals surface area contributed by atoms with Crippen LogP contribution in [0.2, 0.25) is 0 Å². The van der Waals surface area contributed by atoms with E-state index < -0.39 is 0 Å². The molecular formula is C15H21NO2. The Morgan fingerprint density at radius 3 is 2.94 bits per heavy atom. The van der Waals surface area contributed by atoms with Gasteiger partial charge in [-0.15, -0.1) is 0 Å². The topological polar surface area (TPSA) is 38.3 Å². The molecule has 1 aromatic carbocycles. The van der Waals surface area contributed by atoms with E-state index in [-0.39, 0.29) is 5.97 Å². The van der Waals surface area contributed by atoms with Crippen LogP contribution in [0, 0.1) is 0 Å². The number of rotatable bonds is 4. The number of nitrogens with one attached hydrogen (secondary N) is 1. The Morgan fingerprint density at radius 1 is 1.39 bits per heavy atom. The van der Waals surface area contributed by atoms with Gasteiger partial charge in [-0.3, -0.25) is 0 Å². The van der Waals surface area contributed by atoms with Crippen LogP contribution in [0.5, 0.6) is 0 Å². The van der Waals surface area contributed by atoms with Crippen LogP contribution in [0.25, 0.3) is 0 Å². The standard InChI is InChI=1S/C15H21NO2/c1-3-6-11-8-9-12-7-5-10-16-14(12)13(11)15(17)18-4-2/h8-9,16H,3-7,10H2,1-2H3. The van der Waals surface area contributed by atoms with E-state index in [0.717, 1.165) is 49.0 Å². The molecule has 0 atom stereocenters. The molecule has 0 bridgehead atoms. The molecule has 2 rings (SSSR count). The lowest BCUT2D eigenvalue weighted by atomic mass is 9.93. The molecule has 0 fully saturated rings. The maximum Gasteiger partial charge on any atom is 0.340 e. The first-order valence-electron chi connectivity index (χ1n) is 6.83. The number of ether oxygens (including phenoxy) is 1. The zero-order valence-corrected chi connectivity index (χ0v) is 11.2. The number of anilines is 1. The fraction of sp³-hybridized carbons (Fsp3) is 0.533. The Kier molecular flexibility index (Phi) is 4.24. The molecule has 1 N–H and O–H groups in total. The van der Waals surface area contributed by atoms with Gasteiger partial charge in [0.1, 0.15) is 0 Å². The summed E-state index contributed by atoms with van der Waals surface area (Å²) in [6, 6.07) is 4.23. The number of carbonyl (C=O) groups excluding carboxylic acids is 1. The Labute approximate surface area is 109 Å². The minimum Gasteiger partial charge on any atom is -0.462 e. The van der Waals surface area contributed by atoms with Gasteiger partial charge in [0, 0.05) is 6.54 Å². The van der Waals surface area contributed by atoms with Crippen molar-refractivity contribution in [2.75, 3.05) is 18.5 Å². The summed E-state index contributed by atoms with van der Waals surface area (Å²) in [5.41, 5.74) is 4.11. The summed E-state index contributed by atoms with van der Waals surface area (Å²) in [6.07, 6.45) is 4.12. The van der Waals surface area contributed by atoms with Crippen LogP contribution in [0.4, 0.5) is 5.69 Å². The molecule has 0 aromatic heterocycles. The minimum atomic E-state index is -0.188. The molecule has 0 saturated carbocycles. The fourth-order valence-electron chi connectivity index (χ4n) is 2.51. The van der Waals surface area contributed by atoms with Gasteiger partial charge in [0.25, 0.3) is 0 Å². The molecule has 3 heteroatoms. The normalized spacial score (nSPS) is 13.7. The number of fused-ring (bicyclic) bond motifs is 1. The Morgan fingerprint density at radius 2 is 2.22 bits per heavy atom. The summed E-state index contributed by atoms with van der Waals surface area (Å²) >= 11 is 0. The van der Waals surface area contributed by atoms with Crippen LogP contribution in [0.1, 0.15) is 48.2 Å². The molecule has 1 heterocycles. The second-order valence-electron chi connectivity index (χ2n) is 4.63. The van der Waals surface area contributed by atoms with Crippen molar-refractivity contribution in [3.05, 3.63) is 28.8 Å². The molecule has 0 saturated heterocycles. The number of esters is 1. The number of hydrogen-bond donors (Lipinski definition) is 1. The van der Waals surface area contributed by atoms with Gasteiger partial charge >= 0.3 is 5.97 Å². The molecule has 1 aliphatic heterocycles. The van der Waals surface area contributed by atoms with E-state index in [2.05, 4.69) is 24.4 Å². The predicted octanol–water partition coefficient (Wildman–Crippen LogP) is 3.17. The van der Waals surface area contributed by atoms with Gasteiger partial charge < -0.3 is 10.1 Å². The highest BCUT2D eigenvalue weighted by molar-refractivity contribution is 5.98. The first-order chi connectivity index (χ1) is 8.77. The monoisotopic (exact) mass is 247 g/mol. The van der Waals surface area contributed by atoms with Crippen molar-refractivity contribution in [1.82, 2.24) is 0 Å². The molecule has 0 radical (unpaired) electrons. The zero-order valence-electron chi connectivity index (χ0n) is 11.2. The molecule has 1 aromatic rings. The van der Waals surface area contributed by atoms with Crippen LogP contribution in [0.3, 0.4) is 0 Å². The highest BCUT2D eigenvalue weighted by Gasteiger charge is 2.21. The summed E-state index contributed by atoms with van der Waals surface area (Å²) < 4.78 is 5.20. The van der Waals surface area contributed by atoms with Crippen LogP contribution in [0.15, 0.2) is 12.1 Å². The summed E-state index contributed by atoms with van der Waals surface area (Å²) in [6.45, 7) is 5.34. The molecule has 0 unspecified atom stereocenters. The van der Waals surface area contributed by atoms with E-state index in [1.165, 1.54) is 5.56 Å². The summed E-state index contributed by atoms with van der Waals surface area (Å²) in [7, 11) is 0. The van der Waals surface area contributed by atoms with Gasteiger partial charge in [-0.1, -0.05) is 25.5 Å². The van der Waals surface area contributed by atoms with Gasteiger partial charge in [-0.05, 0) is 37.3 Å². The molecule has 98 valence electrons. The van der Waals surface area contributed by atoms with E-state index in [0.29, 0.717) is 6.61 Å². The lowest BCUT2D eigenvalue weighted by Gasteiger charge is -2.22. The molecular weight excluding hydrogens is 226 g/mol. The van der Waals surface area contributed by atoms with Crippen molar-refractivity contribution in [2.45, 2.75) is 39.5 Å². The summed E-state index contributed by atoms with van der Waals surface area (Å²) in [5.74, 6) is -0.188. The highest BCUT2D eigenvalue weighted by atomic mass is 16.5. The maximum atomic E-state index is 12.2. The number of carbonyl (C=O) groups is 1. The Balaban J connectivity index is 2.45. The molecule has 18 heavy (non-hydrogen) atoms. The van der Waals surface area contributed by atoms with Crippen molar-refractivity contribution in [1.29, 1.82) is 0 Å². The average Bonchev–Trinajstić information content (AvgIpc) is 2.39. The lowest BCUT2D eigenvalue weighted by molar-refractivity contribution is 0.0526. The van der Waals surface area contributed by atoms with E-state index in [1.54, 1.807) is 0 Å². The zero-order chi connectivity index (χ0) is 13.0. The minimum absolute atomic E-state index is 0.188. The Hall–Kier alpha value is -1.51. The van der Waals surface area contributed by atoms with Gasteiger partial charge in [0.05, 0.1) is 17.9 Å². The third kappa shape index (κ3) is 2.50. The number of aryl methyl sites for hydroxylation is 2. The number of benzene rings is 1. The summed E-state index contributed by atoms with van der Waals surface area (Å²) in [4.78, 5) is 12.2. The average molecular weight is 247 g/mol. The SMILES string of the molecule is CCCc1ccc2c(c1C(=O)OCC)NCCC2. The van der Waals surface area contributed by atoms with Gasteiger partial charge in [-0.25, -0.2) is 4.79 Å². The fourth-order valence-corrected chi connectivity index (χ4v) is 2.51. The second-order valence-corrected chi connectivity index (χ2v) is 4.63. The van der Waals surface area contributed by atoms with Crippen molar-refractivity contribution >= 4 is 11.7 Å². The van der Waals surface area contributed by atoms with E-state index in [1.807, 2.05) is 6.92 Å². The Bertz CT molecular complexity index is 440. The molecule has 0 aliphatic carbocycles. The van der Waals surface area contributed by atoms with Crippen molar-refractivity contribution in [3.63, 3.8) is 0 Å². The first kappa shape index (κ1) is 12.9. The first-order valence-corrected chi connectivity index (χ1v) is 6.83. The van der Waals surface area contributed by atoms with Crippen molar-refractivity contribution in [2.24, 2.45) is 0 Å². The predicted molar refractivity (Wildman–Crippen MR) is 73.2 cm³/mol. The third-order valence-electron chi connectivity index (χ3n) is 3.30. The smallest absolute Gasteiger partial charge is 0.340 e. The van der Waals surface area contributed by atoms with Crippen LogP contribution in [-0.2, 0) is 17.6 Å². The van der Waals surface area contributed by atoms with Crippen LogP contribution in [-0.4, -0.2) is 19.1 Å². The largest absolute Gasteiger partial charge is 0.462 e. The van der Waals surface area contributed by atoms with Crippen LogP contribution >= 0.6 is 0 Å². The summed E-state index contributed by atoms with van der Waals surface area (Å²) in [5, 5.41) is 3.37. The van der Waals surface area contributed by atoms with Gasteiger partial charge in [0.2, 0.25) is 0 Å². The van der Waals surface area contributed by atoms with E-state index >= 15 is 0 Å². The van der Waals surface area contributed by atoms with E-state index in [9.17, 15) is 4.79 Å². The molecule has 0 spiro atoms. The third-order valence-corrected chi connectivity index (χ3v) is 3.30. The van der Waals surface area contributed by atoms with E-state index in [4.69, 9.17) is 4.74 Å². The molecule has 1 aliphatic rings.